The fourth-order valence-electron chi connectivity index (χ4n) is 16.2. The largest absolute Gasteiger partial charge is 0.311 e. The van der Waals surface area contributed by atoms with Crippen molar-refractivity contribution in [2.24, 2.45) is 0 Å². The van der Waals surface area contributed by atoms with Gasteiger partial charge in [-0.3, -0.25) is 0 Å². The summed E-state index contributed by atoms with van der Waals surface area (Å²) in [6, 6.07) is 61.3. The van der Waals surface area contributed by atoms with Crippen LogP contribution in [-0.2, 0) is 32.5 Å². The molecule has 5 aliphatic rings. The summed E-state index contributed by atoms with van der Waals surface area (Å²) in [5, 5.41) is 0. The predicted molar refractivity (Wildman–Crippen MR) is 322 cm³/mol. The zero-order valence-corrected chi connectivity index (χ0v) is 47.1. The van der Waals surface area contributed by atoms with E-state index in [0.717, 1.165) is 36.3 Å². The summed E-state index contributed by atoms with van der Waals surface area (Å²) >= 11 is 0. The Morgan fingerprint density at radius 2 is 0.707 bits per heavy atom. The number of anilines is 9. The lowest BCUT2D eigenvalue weighted by Crippen LogP contribution is -2.61. The molecule has 75 heavy (non-hydrogen) atoms. The van der Waals surface area contributed by atoms with E-state index in [9.17, 15) is 0 Å². The Morgan fingerprint density at radius 1 is 0.333 bits per heavy atom. The van der Waals surface area contributed by atoms with Gasteiger partial charge in [0.1, 0.15) is 0 Å². The highest BCUT2D eigenvalue weighted by Gasteiger charge is 2.50. The van der Waals surface area contributed by atoms with Crippen molar-refractivity contribution in [3.8, 4) is 11.1 Å². The average Bonchev–Trinajstić information content (AvgIpc) is 3.76. The Bertz CT molecular complexity index is 3630. The van der Waals surface area contributed by atoms with Gasteiger partial charge in [-0.1, -0.05) is 180 Å². The molecule has 0 unspecified atom stereocenters. The van der Waals surface area contributed by atoms with Crippen LogP contribution in [0.1, 0.15) is 147 Å². The summed E-state index contributed by atoms with van der Waals surface area (Å²) in [7, 11) is 0. The number of nitrogens with zero attached hydrogens (tertiary/aromatic N) is 3. The fraction of sp³-hybridized carbons (Fsp3) is 0.324. The Hall–Kier alpha value is -6.78. The molecule has 3 aliphatic carbocycles. The van der Waals surface area contributed by atoms with Gasteiger partial charge < -0.3 is 14.7 Å². The highest BCUT2D eigenvalue weighted by atomic mass is 15.2. The molecular formula is C71H74BN3. The van der Waals surface area contributed by atoms with Crippen molar-refractivity contribution in [1.29, 1.82) is 0 Å². The minimum absolute atomic E-state index is 0.00251. The second-order valence-corrected chi connectivity index (χ2v) is 27.3. The van der Waals surface area contributed by atoms with Crippen LogP contribution in [0.4, 0.5) is 51.2 Å². The number of fused-ring (bicyclic) bond motifs is 7. The second kappa shape index (κ2) is 15.9. The molecule has 4 heteroatoms. The molecule has 2 aliphatic heterocycles. The van der Waals surface area contributed by atoms with Crippen molar-refractivity contribution in [1.82, 2.24) is 0 Å². The Morgan fingerprint density at radius 3 is 1.15 bits per heavy atom. The van der Waals surface area contributed by atoms with Crippen LogP contribution in [0, 0.1) is 13.8 Å². The number of para-hydroxylation sites is 2. The van der Waals surface area contributed by atoms with Gasteiger partial charge in [-0.25, -0.2) is 0 Å². The van der Waals surface area contributed by atoms with Gasteiger partial charge in [0.2, 0.25) is 0 Å². The number of benzene rings is 8. The number of hydrogen-bond donors (Lipinski definition) is 0. The fourth-order valence-corrected chi connectivity index (χ4v) is 16.2. The van der Waals surface area contributed by atoms with Crippen LogP contribution in [0.5, 0.6) is 0 Å². The van der Waals surface area contributed by atoms with E-state index in [1.807, 2.05) is 0 Å². The second-order valence-electron chi connectivity index (χ2n) is 27.3. The summed E-state index contributed by atoms with van der Waals surface area (Å²) in [5.74, 6) is 0. The molecule has 0 aromatic heterocycles. The van der Waals surface area contributed by atoms with Crippen molar-refractivity contribution in [2.45, 2.75) is 149 Å². The quantitative estimate of drug-likeness (QED) is 0.154. The lowest BCUT2D eigenvalue weighted by molar-refractivity contribution is 0.402. The summed E-state index contributed by atoms with van der Waals surface area (Å²) in [5.41, 5.74) is 29.2. The standard InChI is InChI=1S/C71H74BN3/c1-44-32-51-54(69(9,10)41-66(51,3)4)38-59(44)74-61-34-47(46-24-18-15-19-25-46)30-31-57(61)72-58-37-53-56(71(13,14)43-68(53,7)8)40-62(58)75(60-39-55-52(33-45(60)2)67(5,6)42-70(55,11)12)64-36-50(35-63(74)65(64)72)73(48-26-20-16-21-27-48)49-28-22-17-23-29-49/h15-40H,41-43H2,1-14H3. The smallest absolute Gasteiger partial charge is 0.252 e. The summed E-state index contributed by atoms with van der Waals surface area (Å²) in [6.45, 7) is 34.3. The molecule has 0 spiro atoms. The van der Waals surface area contributed by atoms with Gasteiger partial charge in [-0.15, -0.1) is 0 Å². The number of rotatable bonds is 6. The van der Waals surface area contributed by atoms with Crippen LogP contribution >= 0.6 is 0 Å². The van der Waals surface area contributed by atoms with Crippen LogP contribution < -0.4 is 31.1 Å². The van der Waals surface area contributed by atoms with Gasteiger partial charge in [-0.2, -0.15) is 0 Å². The lowest BCUT2D eigenvalue weighted by Gasteiger charge is -2.46. The Kier molecular flexibility index (Phi) is 10.1. The minimum Gasteiger partial charge on any atom is -0.311 e. The van der Waals surface area contributed by atoms with Crippen LogP contribution in [0.15, 0.2) is 158 Å². The summed E-state index contributed by atoms with van der Waals surface area (Å²) in [4.78, 5) is 7.94. The van der Waals surface area contributed by atoms with E-state index in [1.165, 1.54) is 106 Å². The molecule has 0 amide bonds. The summed E-state index contributed by atoms with van der Waals surface area (Å²) in [6.07, 6.45) is 3.33. The molecule has 2 heterocycles. The first-order valence-corrected chi connectivity index (χ1v) is 27.8. The molecule has 0 radical (unpaired) electrons. The average molecular weight is 980 g/mol. The van der Waals surface area contributed by atoms with Gasteiger partial charge in [0.05, 0.1) is 5.69 Å². The van der Waals surface area contributed by atoms with Crippen LogP contribution in [0.2, 0.25) is 0 Å². The van der Waals surface area contributed by atoms with E-state index in [2.05, 4.69) is 269 Å². The maximum atomic E-state index is 2.74. The zero-order chi connectivity index (χ0) is 52.5. The van der Waals surface area contributed by atoms with E-state index >= 15 is 0 Å². The summed E-state index contributed by atoms with van der Waals surface area (Å²) < 4.78 is 0. The van der Waals surface area contributed by atoms with Crippen molar-refractivity contribution >= 4 is 74.3 Å². The first-order chi connectivity index (χ1) is 35.5. The number of hydrogen-bond acceptors (Lipinski definition) is 3. The van der Waals surface area contributed by atoms with Crippen molar-refractivity contribution in [3.05, 3.63) is 202 Å². The monoisotopic (exact) mass is 980 g/mol. The Labute approximate surface area is 448 Å². The highest BCUT2D eigenvalue weighted by molar-refractivity contribution is 7.00. The highest BCUT2D eigenvalue weighted by Crippen LogP contribution is 2.58. The predicted octanol–water partition coefficient (Wildman–Crippen LogP) is 17.4. The first kappa shape index (κ1) is 47.9. The molecule has 0 bridgehead atoms. The minimum atomic E-state index is -0.0340. The van der Waals surface area contributed by atoms with E-state index in [0.29, 0.717) is 0 Å². The molecule has 8 aromatic carbocycles. The SMILES string of the molecule is Cc1cc2c(cc1N1c3cc(-c4ccccc4)ccc3B3c4cc5c(cc4N(c4cc6c(cc4C)C(C)(C)CC6(C)C)c4cc(N(c6ccccc6)c6ccccc6)cc1c43)C(C)(C)CC5(C)C)C(C)(C)CC2(C)C. The van der Waals surface area contributed by atoms with E-state index < -0.39 is 0 Å². The van der Waals surface area contributed by atoms with Crippen molar-refractivity contribution in [3.63, 3.8) is 0 Å². The van der Waals surface area contributed by atoms with Crippen LogP contribution in [-0.4, -0.2) is 6.71 Å². The van der Waals surface area contributed by atoms with Gasteiger partial charge >= 0.3 is 0 Å². The third-order valence-corrected chi connectivity index (χ3v) is 18.8. The molecule has 0 fully saturated rings. The molecule has 376 valence electrons. The third-order valence-electron chi connectivity index (χ3n) is 18.8. The molecule has 3 nitrogen and oxygen atoms in total. The lowest BCUT2D eigenvalue weighted by atomic mass is 9.33. The van der Waals surface area contributed by atoms with E-state index in [-0.39, 0.29) is 39.2 Å². The molecular weight excluding hydrogens is 906 g/mol. The van der Waals surface area contributed by atoms with E-state index in [4.69, 9.17) is 0 Å². The first-order valence-electron chi connectivity index (χ1n) is 27.8. The van der Waals surface area contributed by atoms with Crippen LogP contribution in [0.3, 0.4) is 0 Å². The molecule has 8 aromatic rings. The molecule has 0 saturated heterocycles. The maximum Gasteiger partial charge on any atom is 0.252 e. The van der Waals surface area contributed by atoms with Gasteiger partial charge in [-0.05, 0) is 198 Å². The van der Waals surface area contributed by atoms with Crippen molar-refractivity contribution < 1.29 is 0 Å². The molecule has 0 N–H and O–H groups in total. The zero-order valence-electron chi connectivity index (χ0n) is 47.1. The maximum absolute atomic E-state index is 2.74. The van der Waals surface area contributed by atoms with Crippen LogP contribution in [0.25, 0.3) is 11.1 Å². The van der Waals surface area contributed by atoms with Gasteiger partial charge in [0, 0.05) is 45.5 Å². The third kappa shape index (κ3) is 7.13. The van der Waals surface area contributed by atoms with E-state index in [1.54, 1.807) is 0 Å². The number of aryl methyl sites for hydroxylation is 2. The van der Waals surface area contributed by atoms with Crippen molar-refractivity contribution in [2.75, 3.05) is 14.7 Å². The van der Waals surface area contributed by atoms with Gasteiger partial charge in [0.15, 0.2) is 0 Å². The molecule has 0 saturated carbocycles. The normalized spacial score (nSPS) is 18.9. The van der Waals surface area contributed by atoms with Gasteiger partial charge in [0.25, 0.3) is 6.71 Å². The topological polar surface area (TPSA) is 9.72 Å². The Balaban J connectivity index is 1.20. The molecule has 13 rings (SSSR count). The molecule has 0 atom stereocenters.